The van der Waals surface area contributed by atoms with Crippen molar-refractivity contribution < 1.29 is 13.2 Å². The van der Waals surface area contributed by atoms with Crippen molar-refractivity contribution in [1.29, 1.82) is 5.26 Å². The van der Waals surface area contributed by atoms with Crippen LogP contribution in [0.2, 0.25) is 0 Å². The molecule has 0 spiro atoms. The number of nitrogens with zero attached hydrogens (tertiary/aromatic N) is 4. The number of nitrogens with one attached hydrogen (secondary N) is 1. The number of halogens is 3. The first-order chi connectivity index (χ1) is 10.5. The van der Waals surface area contributed by atoms with E-state index in [0.29, 0.717) is 11.3 Å². The highest BCUT2D eigenvalue weighted by Crippen LogP contribution is 2.35. The average molecular weight is 307 g/mol. The molecule has 0 bridgehead atoms. The van der Waals surface area contributed by atoms with Gasteiger partial charge in [0.1, 0.15) is 18.2 Å². The lowest BCUT2D eigenvalue weighted by Gasteiger charge is -2.19. The summed E-state index contributed by atoms with van der Waals surface area (Å²) in [5, 5.41) is 11.7. The minimum atomic E-state index is -4.47. The summed E-state index contributed by atoms with van der Waals surface area (Å²) in [5.41, 5.74) is 2.13. The lowest BCUT2D eigenvalue weighted by molar-refractivity contribution is -0.166. The summed E-state index contributed by atoms with van der Waals surface area (Å²) in [4.78, 5) is 8.29. The van der Waals surface area contributed by atoms with E-state index in [-0.39, 0.29) is 0 Å². The van der Waals surface area contributed by atoms with Crippen LogP contribution < -0.4 is 5.32 Å². The molecule has 2 aromatic heterocycles. The van der Waals surface area contributed by atoms with Crippen molar-refractivity contribution in [1.82, 2.24) is 14.5 Å². The van der Waals surface area contributed by atoms with Crippen LogP contribution in [0.5, 0.6) is 0 Å². The second-order valence-corrected chi connectivity index (χ2v) is 4.99. The van der Waals surface area contributed by atoms with Gasteiger partial charge in [0.2, 0.25) is 0 Å². The first-order valence-electron chi connectivity index (χ1n) is 6.70. The molecule has 1 aliphatic rings. The van der Waals surface area contributed by atoms with E-state index in [1.807, 2.05) is 0 Å². The summed E-state index contributed by atoms with van der Waals surface area (Å²) >= 11 is 0. The zero-order valence-corrected chi connectivity index (χ0v) is 11.4. The summed E-state index contributed by atoms with van der Waals surface area (Å²) in [7, 11) is 0. The van der Waals surface area contributed by atoms with Crippen LogP contribution in [-0.4, -0.2) is 27.3 Å². The summed E-state index contributed by atoms with van der Waals surface area (Å²) in [5.74, 6) is 0.724. The largest absolute Gasteiger partial charge is 0.410 e. The van der Waals surface area contributed by atoms with Crippen molar-refractivity contribution in [3.8, 4) is 17.3 Å². The molecule has 1 unspecified atom stereocenters. The molecule has 8 heteroatoms. The zero-order chi connectivity index (χ0) is 15.7. The van der Waals surface area contributed by atoms with Crippen LogP contribution in [0.3, 0.4) is 0 Å². The predicted molar refractivity (Wildman–Crippen MR) is 73.0 cm³/mol. The molecule has 114 valence electrons. The number of fused-ring (bicyclic) bond motifs is 1. The number of aromatic nitrogens is 3. The molecule has 0 fully saturated rings. The molecule has 1 atom stereocenters. The van der Waals surface area contributed by atoms with Gasteiger partial charge >= 0.3 is 6.18 Å². The number of alkyl halides is 3. The van der Waals surface area contributed by atoms with Crippen molar-refractivity contribution in [3.05, 3.63) is 30.4 Å². The highest BCUT2D eigenvalue weighted by atomic mass is 19.4. The quantitative estimate of drug-likeness (QED) is 0.947. The molecule has 1 aliphatic heterocycles. The maximum atomic E-state index is 13.0. The van der Waals surface area contributed by atoms with Crippen molar-refractivity contribution in [3.63, 3.8) is 0 Å². The van der Waals surface area contributed by atoms with Crippen LogP contribution in [0.15, 0.2) is 24.8 Å². The highest BCUT2D eigenvalue weighted by molar-refractivity contribution is 5.69. The Kier molecular flexibility index (Phi) is 3.48. The molecule has 2 aromatic rings. The molecular weight excluding hydrogens is 295 g/mol. The van der Waals surface area contributed by atoms with Gasteiger partial charge in [-0.3, -0.25) is 0 Å². The topological polar surface area (TPSA) is 66.5 Å². The lowest BCUT2D eigenvalue weighted by Crippen LogP contribution is -2.25. The van der Waals surface area contributed by atoms with Gasteiger partial charge < -0.3 is 9.88 Å². The second-order valence-electron chi connectivity index (χ2n) is 4.99. The van der Waals surface area contributed by atoms with Gasteiger partial charge in [-0.25, -0.2) is 9.97 Å². The van der Waals surface area contributed by atoms with Gasteiger partial charge in [-0.1, -0.05) is 0 Å². The predicted octanol–water partition coefficient (Wildman–Crippen LogP) is 2.93. The number of rotatable bonds is 3. The van der Waals surface area contributed by atoms with E-state index in [1.54, 1.807) is 12.1 Å². The fourth-order valence-electron chi connectivity index (χ4n) is 2.58. The minimum absolute atomic E-state index is 0.592. The van der Waals surface area contributed by atoms with E-state index in [1.165, 1.54) is 18.7 Å². The molecule has 0 amide bonds. The van der Waals surface area contributed by atoms with E-state index in [2.05, 4.69) is 15.3 Å². The Balaban J connectivity index is 1.98. The van der Waals surface area contributed by atoms with Gasteiger partial charge in [0, 0.05) is 30.1 Å². The molecule has 1 N–H and O–H groups in total. The van der Waals surface area contributed by atoms with Crippen LogP contribution in [-0.2, 0) is 6.42 Å². The van der Waals surface area contributed by atoms with Crippen molar-refractivity contribution in [2.75, 3.05) is 11.9 Å². The monoisotopic (exact) mass is 307 g/mol. The first-order valence-corrected chi connectivity index (χ1v) is 6.70. The van der Waals surface area contributed by atoms with Crippen LogP contribution in [0.1, 0.15) is 18.0 Å². The summed E-state index contributed by atoms with van der Waals surface area (Å²) in [6.07, 6.45) is -0.252. The molecule has 0 saturated carbocycles. The molecule has 0 aromatic carbocycles. The van der Waals surface area contributed by atoms with Gasteiger partial charge in [0.05, 0.1) is 18.2 Å². The van der Waals surface area contributed by atoms with Gasteiger partial charge in [0.25, 0.3) is 0 Å². The Morgan fingerprint density at radius 1 is 1.41 bits per heavy atom. The molecule has 0 aliphatic carbocycles. The minimum Gasteiger partial charge on any atom is -0.369 e. The van der Waals surface area contributed by atoms with E-state index < -0.39 is 18.6 Å². The summed E-state index contributed by atoms with van der Waals surface area (Å²) < 4.78 is 40.1. The molecular formula is C14H12F3N5. The zero-order valence-electron chi connectivity index (χ0n) is 11.4. The number of hydrogen-bond acceptors (Lipinski definition) is 4. The fourth-order valence-corrected chi connectivity index (χ4v) is 2.58. The Morgan fingerprint density at radius 3 is 2.95 bits per heavy atom. The van der Waals surface area contributed by atoms with Gasteiger partial charge in [-0.15, -0.1) is 0 Å². The third-order valence-electron chi connectivity index (χ3n) is 3.62. The first kappa shape index (κ1) is 14.4. The van der Waals surface area contributed by atoms with Crippen LogP contribution in [0.4, 0.5) is 19.0 Å². The number of anilines is 1. The summed E-state index contributed by atoms with van der Waals surface area (Å²) in [6.45, 7) is 0.737. The van der Waals surface area contributed by atoms with Gasteiger partial charge in [0.15, 0.2) is 0 Å². The van der Waals surface area contributed by atoms with Gasteiger partial charge in [-0.2, -0.15) is 18.4 Å². The number of nitriles is 1. The second kappa shape index (κ2) is 5.33. The lowest BCUT2D eigenvalue weighted by atomic mass is 10.1. The Morgan fingerprint density at radius 2 is 2.23 bits per heavy atom. The number of hydrogen-bond donors (Lipinski definition) is 1. The van der Waals surface area contributed by atoms with Gasteiger partial charge in [-0.05, 0) is 12.5 Å². The third kappa shape index (κ3) is 2.50. The molecule has 0 saturated heterocycles. The average Bonchev–Trinajstić information content (AvgIpc) is 3.11. The Bertz CT molecular complexity index is 729. The van der Waals surface area contributed by atoms with Crippen LogP contribution in [0.25, 0.3) is 11.3 Å². The van der Waals surface area contributed by atoms with Crippen LogP contribution in [0, 0.1) is 11.3 Å². The smallest absolute Gasteiger partial charge is 0.369 e. The maximum Gasteiger partial charge on any atom is 0.410 e. The Labute approximate surface area is 124 Å². The highest BCUT2D eigenvalue weighted by Gasteiger charge is 2.40. The van der Waals surface area contributed by atoms with Crippen LogP contribution >= 0.6 is 0 Å². The van der Waals surface area contributed by atoms with Crippen molar-refractivity contribution >= 4 is 5.82 Å². The van der Waals surface area contributed by atoms with Crippen molar-refractivity contribution in [2.24, 2.45) is 0 Å². The van der Waals surface area contributed by atoms with E-state index in [0.717, 1.165) is 28.9 Å². The maximum absolute atomic E-state index is 13.0. The van der Waals surface area contributed by atoms with Crippen molar-refractivity contribution in [2.45, 2.75) is 25.1 Å². The molecule has 22 heavy (non-hydrogen) atoms. The SMILES string of the molecule is N#CCC(n1ccc(-c2ncnc3c2CCN3)c1)C(F)(F)F. The third-order valence-corrected chi connectivity index (χ3v) is 3.62. The standard InChI is InChI=1S/C14H12F3N5/c15-14(16,17)11(1-4-18)22-6-3-9(7-22)12-10-2-5-19-13(10)21-8-20-12/h3,6-8,11H,1-2,5H2,(H,19,20,21). The van der Waals surface area contributed by atoms with E-state index in [4.69, 9.17) is 5.26 Å². The normalized spacial score (nSPS) is 15.0. The fraction of sp³-hybridized carbons (Fsp3) is 0.357. The molecule has 0 radical (unpaired) electrons. The van der Waals surface area contributed by atoms with E-state index >= 15 is 0 Å². The molecule has 3 rings (SSSR count). The molecule has 3 heterocycles. The summed E-state index contributed by atoms with van der Waals surface area (Å²) in [6, 6.07) is 1.32. The Hall–Kier alpha value is -2.56. The molecule has 5 nitrogen and oxygen atoms in total. The van der Waals surface area contributed by atoms with E-state index in [9.17, 15) is 13.2 Å².